The largest absolute Gasteiger partial charge is 0.499 e. The number of hydrogen-bond acceptors (Lipinski definition) is 6. The lowest BCUT2D eigenvalue weighted by Crippen LogP contribution is -2.37. The molecular formula is C26H21B2Cl2FN4O4. The van der Waals surface area contributed by atoms with Gasteiger partial charge in [0.1, 0.15) is 43.8 Å². The number of ether oxygens (including phenoxy) is 1. The number of nitrogens with zero attached hydrogens (tertiary/aromatic N) is 4. The number of halogens is 3. The van der Waals surface area contributed by atoms with E-state index in [1.54, 1.807) is 26.0 Å². The summed E-state index contributed by atoms with van der Waals surface area (Å²) >= 11 is 12.1. The molecule has 0 aromatic carbocycles. The molecule has 0 fully saturated rings. The van der Waals surface area contributed by atoms with Gasteiger partial charge >= 0.3 is 0 Å². The van der Waals surface area contributed by atoms with E-state index in [1.165, 1.54) is 47.5 Å². The molecule has 0 spiro atoms. The molecule has 4 heterocycles. The van der Waals surface area contributed by atoms with Crippen molar-refractivity contribution >= 4 is 38.9 Å². The Morgan fingerprint density at radius 1 is 1.05 bits per heavy atom. The number of pyridine rings is 4. The van der Waals surface area contributed by atoms with Crippen molar-refractivity contribution in [3.8, 4) is 17.3 Å². The van der Waals surface area contributed by atoms with Crippen molar-refractivity contribution in [1.82, 2.24) is 19.1 Å². The quantitative estimate of drug-likeness (QED) is 0.359. The van der Waals surface area contributed by atoms with Gasteiger partial charge in [0.2, 0.25) is 0 Å². The Labute approximate surface area is 235 Å². The Balaban J connectivity index is 1.81. The van der Waals surface area contributed by atoms with Crippen LogP contribution in [0.15, 0.2) is 58.5 Å². The van der Waals surface area contributed by atoms with Crippen LogP contribution in [0.4, 0.5) is 4.39 Å². The van der Waals surface area contributed by atoms with Crippen LogP contribution in [0.2, 0.25) is 10.0 Å². The monoisotopic (exact) mass is 564 g/mol. The summed E-state index contributed by atoms with van der Waals surface area (Å²) in [7, 11) is 12.0. The number of rotatable bonds is 6. The molecule has 0 aliphatic carbocycles. The molecule has 4 radical (unpaired) electrons. The highest BCUT2D eigenvalue weighted by Crippen LogP contribution is 2.31. The maximum atomic E-state index is 14.4. The van der Waals surface area contributed by atoms with Gasteiger partial charge in [-0.05, 0) is 51.5 Å². The first-order valence-corrected chi connectivity index (χ1v) is 12.3. The summed E-state index contributed by atoms with van der Waals surface area (Å²) in [6.07, 6.45) is 4.15. The van der Waals surface area contributed by atoms with E-state index in [0.29, 0.717) is 16.9 Å². The van der Waals surface area contributed by atoms with Crippen LogP contribution in [-0.4, -0.2) is 39.9 Å². The summed E-state index contributed by atoms with van der Waals surface area (Å²) in [5.41, 5.74) is -1.47. The molecule has 0 aliphatic heterocycles. The van der Waals surface area contributed by atoms with E-state index in [-0.39, 0.29) is 27.2 Å². The van der Waals surface area contributed by atoms with Gasteiger partial charge in [0.25, 0.3) is 11.1 Å². The SMILES string of the molecule is [B]C([B])(Oc1cc(C)n(-c2cc(-n3cccc(C(C)(C)O)c3=O)ncc2C)c(=O)c1Cl)c1ncc(Cl)cc1F. The van der Waals surface area contributed by atoms with E-state index >= 15 is 0 Å². The number of aryl methyl sites for hydroxylation is 2. The van der Waals surface area contributed by atoms with Gasteiger partial charge in [0.15, 0.2) is 0 Å². The molecule has 0 atom stereocenters. The van der Waals surface area contributed by atoms with Crippen LogP contribution in [0.5, 0.6) is 5.75 Å². The van der Waals surface area contributed by atoms with Crippen molar-refractivity contribution in [2.24, 2.45) is 0 Å². The summed E-state index contributed by atoms with van der Waals surface area (Å²) in [6.45, 7) is 6.35. The van der Waals surface area contributed by atoms with Crippen molar-refractivity contribution < 1.29 is 14.2 Å². The molecule has 4 rings (SSSR count). The standard InChI is InChI=1S/C26H21B2Cl2FN4O4/c1-13-11-32-20(34-7-5-6-16(23(34)36)25(3,4)38)10-18(13)35-14(2)8-19(21(30)24(35)37)39-26(27,28)22-17(31)9-15(29)12-33-22/h5-12,38H,1-4H3. The fraction of sp³-hybridized carbons (Fsp3) is 0.231. The zero-order chi connectivity index (χ0) is 28.9. The first kappa shape index (κ1) is 28.6. The van der Waals surface area contributed by atoms with E-state index in [0.717, 1.165) is 12.3 Å². The zero-order valence-electron chi connectivity index (χ0n) is 21.4. The Morgan fingerprint density at radius 3 is 2.38 bits per heavy atom. The maximum absolute atomic E-state index is 14.4. The first-order chi connectivity index (χ1) is 18.1. The van der Waals surface area contributed by atoms with Gasteiger partial charge in [-0.3, -0.25) is 23.7 Å². The average Bonchev–Trinajstić information content (AvgIpc) is 2.82. The fourth-order valence-corrected chi connectivity index (χ4v) is 4.32. The van der Waals surface area contributed by atoms with Crippen LogP contribution in [-0.2, 0) is 11.0 Å². The minimum absolute atomic E-state index is 0.0321. The lowest BCUT2D eigenvalue weighted by molar-refractivity contribution is 0.0767. The third-order valence-electron chi connectivity index (χ3n) is 5.91. The van der Waals surface area contributed by atoms with Crippen molar-refractivity contribution in [1.29, 1.82) is 0 Å². The van der Waals surface area contributed by atoms with Gasteiger partial charge in [-0.2, -0.15) is 0 Å². The lowest BCUT2D eigenvalue weighted by Gasteiger charge is -2.28. The highest BCUT2D eigenvalue weighted by Gasteiger charge is 2.29. The molecule has 8 nitrogen and oxygen atoms in total. The first-order valence-electron chi connectivity index (χ1n) is 11.5. The second-order valence-electron chi connectivity index (χ2n) is 9.47. The van der Waals surface area contributed by atoms with E-state index in [1.807, 2.05) is 0 Å². The van der Waals surface area contributed by atoms with E-state index in [9.17, 15) is 19.1 Å². The van der Waals surface area contributed by atoms with Crippen LogP contribution in [0.25, 0.3) is 11.5 Å². The van der Waals surface area contributed by atoms with Gasteiger partial charge in [-0.15, -0.1) is 0 Å². The van der Waals surface area contributed by atoms with Gasteiger partial charge < -0.3 is 9.84 Å². The van der Waals surface area contributed by atoms with Crippen LogP contribution in [0.1, 0.15) is 36.4 Å². The van der Waals surface area contributed by atoms with Crippen molar-refractivity contribution in [2.75, 3.05) is 0 Å². The van der Waals surface area contributed by atoms with Gasteiger partial charge in [0.05, 0.1) is 21.7 Å². The van der Waals surface area contributed by atoms with Crippen LogP contribution >= 0.6 is 23.2 Å². The van der Waals surface area contributed by atoms with Crippen LogP contribution in [0.3, 0.4) is 0 Å². The molecule has 4 aromatic heterocycles. The van der Waals surface area contributed by atoms with Gasteiger partial charge in [-0.1, -0.05) is 23.2 Å². The molecule has 13 heteroatoms. The van der Waals surface area contributed by atoms with E-state index in [2.05, 4.69) is 9.97 Å². The topological polar surface area (TPSA) is 99.2 Å². The van der Waals surface area contributed by atoms with Crippen molar-refractivity contribution in [2.45, 2.75) is 38.7 Å². The summed E-state index contributed by atoms with van der Waals surface area (Å²) in [5, 5.41) is 7.74. The van der Waals surface area contributed by atoms with E-state index < -0.39 is 33.6 Å². The minimum atomic E-state index is -2.28. The van der Waals surface area contributed by atoms with E-state index in [4.69, 9.17) is 43.6 Å². The van der Waals surface area contributed by atoms with Gasteiger partial charge in [0, 0.05) is 42.0 Å². The molecule has 196 valence electrons. The molecule has 0 amide bonds. The zero-order valence-corrected chi connectivity index (χ0v) is 22.9. The van der Waals surface area contributed by atoms with Crippen molar-refractivity contribution in [3.63, 3.8) is 0 Å². The minimum Gasteiger partial charge on any atom is -0.499 e. The van der Waals surface area contributed by atoms with Gasteiger partial charge in [-0.25, -0.2) is 9.37 Å². The number of hydrogen-bond donors (Lipinski definition) is 1. The van der Waals surface area contributed by atoms with Crippen LogP contribution in [0, 0.1) is 19.7 Å². The predicted octanol–water partition coefficient (Wildman–Crippen LogP) is 3.59. The molecule has 1 N–H and O–H groups in total. The Bertz CT molecular complexity index is 1720. The summed E-state index contributed by atoms with van der Waals surface area (Å²) in [4.78, 5) is 34.6. The third kappa shape index (κ3) is 5.52. The second kappa shape index (κ2) is 10.3. The summed E-state index contributed by atoms with van der Waals surface area (Å²) in [5.74, 6) is -0.892. The molecule has 0 unspecified atom stereocenters. The molecular weight excluding hydrogens is 544 g/mol. The Morgan fingerprint density at radius 2 is 1.74 bits per heavy atom. The average molecular weight is 565 g/mol. The summed E-state index contributed by atoms with van der Waals surface area (Å²) in [6, 6.07) is 7.06. The summed E-state index contributed by atoms with van der Waals surface area (Å²) < 4.78 is 22.5. The molecule has 0 aliphatic rings. The van der Waals surface area contributed by atoms with Crippen LogP contribution < -0.4 is 15.9 Å². The Kier molecular flexibility index (Phi) is 7.55. The second-order valence-corrected chi connectivity index (χ2v) is 10.3. The lowest BCUT2D eigenvalue weighted by atomic mass is 9.62. The predicted molar refractivity (Wildman–Crippen MR) is 148 cm³/mol. The maximum Gasteiger partial charge on any atom is 0.277 e. The van der Waals surface area contributed by atoms with Crippen molar-refractivity contribution in [3.05, 3.63) is 108 Å². The molecule has 0 bridgehead atoms. The Hall–Kier alpha value is -3.40. The number of aliphatic hydroxyl groups is 1. The third-order valence-corrected chi connectivity index (χ3v) is 6.47. The highest BCUT2D eigenvalue weighted by molar-refractivity contribution is 6.39. The molecule has 4 aromatic rings. The normalized spacial score (nSPS) is 12.0. The fourth-order valence-electron chi connectivity index (χ4n) is 4.00. The highest BCUT2D eigenvalue weighted by atomic mass is 35.5. The molecule has 0 saturated carbocycles. The molecule has 39 heavy (non-hydrogen) atoms. The smallest absolute Gasteiger partial charge is 0.277 e. The number of aromatic nitrogens is 4. The molecule has 0 saturated heterocycles.